The molecule has 2 aromatic heterocycles. The van der Waals surface area contributed by atoms with Crippen LogP contribution in [0.4, 0.5) is 0 Å². The minimum absolute atomic E-state index is 0.338. The molecule has 2 nitrogen and oxygen atoms in total. The van der Waals surface area contributed by atoms with Crippen LogP contribution in [0.25, 0.3) is 0 Å². The summed E-state index contributed by atoms with van der Waals surface area (Å²) in [5, 5.41) is 2.10. The lowest BCUT2D eigenvalue weighted by molar-refractivity contribution is 0.679. The number of thiophene rings is 1. The summed E-state index contributed by atoms with van der Waals surface area (Å²) in [7, 11) is 0. The van der Waals surface area contributed by atoms with Crippen LogP contribution in [-0.2, 0) is 6.42 Å². The van der Waals surface area contributed by atoms with E-state index in [2.05, 4.69) is 22.5 Å². The molecule has 0 aliphatic heterocycles. The average Bonchev–Trinajstić information content (AvgIpc) is 2.80. The second-order valence-corrected chi connectivity index (χ2v) is 4.50. The number of hydrogen-bond acceptors (Lipinski definition) is 3. The third-order valence-corrected chi connectivity index (χ3v) is 3.32. The Bertz CT molecular complexity index is 383. The maximum atomic E-state index is 5.79. The highest BCUT2D eigenvalue weighted by molar-refractivity contribution is 7.09. The summed E-state index contributed by atoms with van der Waals surface area (Å²) in [5.74, 6) is 0.338. The van der Waals surface area contributed by atoms with Gasteiger partial charge in [-0.25, -0.2) is 0 Å². The predicted molar refractivity (Wildman–Crippen MR) is 64.1 cm³/mol. The minimum atomic E-state index is 0.338. The van der Waals surface area contributed by atoms with Crippen LogP contribution in [0.3, 0.4) is 0 Å². The van der Waals surface area contributed by atoms with E-state index in [1.807, 2.05) is 24.4 Å². The largest absolute Gasteiger partial charge is 0.330 e. The molecule has 0 radical (unpaired) electrons. The molecule has 2 N–H and O–H groups in total. The molecule has 0 amide bonds. The van der Waals surface area contributed by atoms with Crippen molar-refractivity contribution >= 4 is 11.3 Å². The first-order chi connectivity index (χ1) is 7.40. The maximum Gasteiger partial charge on any atom is 0.0450 e. The van der Waals surface area contributed by atoms with Crippen LogP contribution in [0.1, 0.15) is 16.5 Å². The Balaban J connectivity index is 2.12. The van der Waals surface area contributed by atoms with E-state index in [-0.39, 0.29) is 0 Å². The predicted octanol–water partition coefficient (Wildman–Crippen LogP) is 2.43. The second kappa shape index (κ2) is 5.05. The number of aromatic nitrogens is 1. The van der Waals surface area contributed by atoms with Crippen molar-refractivity contribution in [1.82, 2.24) is 4.98 Å². The molecule has 1 unspecified atom stereocenters. The van der Waals surface area contributed by atoms with Crippen molar-refractivity contribution in [1.29, 1.82) is 0 Å². The summed E-state index contributed by atoms with van der Waals surface area (Å²) in [6.45, 7) is 0.648. The van der Waals surface area contributed by atoms with Gasteiger partial charge in [0.1, 0.15) is 0 Å². The van der Waals surface area contributed by atoms with E-state index in [1.54, 1.807) is 11.3 Å². The first-order valence-electron chi connectivity index (χ1n) is 5.03. The van der Waals surface area contributed by atoms with Gasteiger partial charge in [0.2, 0.25) is 0 Å². The Morgan fingerprint density at radius 3 is 2.80 bits per heavy atom. The molecule has 0 saturated carbocycles. The number of nitrogens with two attached hydrogens (primary N) is 1. The van der Waals surface area contributed by atoms with Gasteiger partial charge in [-0.3, -0.25) is 4.98 Å². The fourth-order valence-electron chi connectivity index (χ4n) is 1.60. The Labute approximate surface area is 93.8 Å². The van der Waals surface area contributed by atoms with Crippen LogP contribution >= 0.6 is 11.3 Å². The molecule has 0 aliphatic carbocycles. The Hall–Kier alpha value is -1.19. The van der Waals surface area contributed by atoms with Crippen molar-refractivity contribution in [3.8, 4) is 0 Å². The number of rotatable bonds is 4. The van der Waals surface area contributed by atoms with Crippen LogP contribution in [0.5, 0.6) is 0 Å². The summed E-state index contributed by atoms with van der Waals surface area (Å²) in [6.07, 6.45) is 2.82. The SMILES string of the molecule is NCC(Cc1cccs1)c1ccccn1. The third kappa shape index (κ3) is 2.64. The Morgan fingerprint density at radius 2 is 2.20 bits per heavy atom. The van der Waals surface area contributed by atoms with Crippen molar-refractivity contribution in [3.05, 3.63) is 52.5 Å². The number of pyridine rings is 1. The van der Waals surface area contributed by atoms with Crippen LogP contribution < -0.4 is 5.73 Å². The van der Waals surface area contributed by atoms with E-state index in [0.29, 0.717) is 12.5 Å². The van der Waals surface area contributed by atoms with E-state index in [1.165, 1.54) is 4.88 Å². The fraction of sp³-hybridized carbons (Fsp3) is 0.250. The van der Waals surface area contributed by atoms with Crippen LogP contribution in [-0.4, -0.2) is 11.5 Å². The summed E-state index contributed by atoms with van der Waals surface area (Å²) in [6, 6.07) is 10.2. The normalized spacial score (nSPS) is 12.6. The highest BCUT2D eigenvalue weighted by Gasteiger charge is 2.11. The first-order valence-corrected chi connectivity index (χ1v) is 5.91. The number of hydrogen-bond donors (Lipinski definition) is 1. The zero-order chi connectivity index (χ0) is 10.5. The molecule has 0 bridgehead atoms. The molecule has 15 heavy (non-hydrogen) atoms. The zero-order valence-corrected chi connectivity index (χ0v) is 9.28. The van der Waals surface area contributed by atoms with Gasteiger partial charge in [0, 0.05) is 29.2 Å². The minimum Gasteiger partial charge on any atom is -0.330 e. The molecule has 2 rings (SSSR count). The van der Waals surface area contributed by atoms with E-state index >= 15 is 0 Å². The molecule has 0 saturated heterocycles. The topological polar surface area (TPSA) is 38.9 Å². The second-order valence-electron chi connectivity index (χ2n) is 3.47. The van der Waals surface area contributed by atoms with Gasteiger partial charge in [0.25, 0.3) is 0 Å². The van der Waals surface area contributed by atoms with Crippen molar-refractivity contribution in [2.75, 3.05) is 6.54 Å². The molecule has 78 valence electrons. The van der Waals surface area contributed by atoms with Crippen LogP contribution in [0, 0.1) is 0 Å². The first kappa shape index (κ1) is 10.3. The Kier molecular flexibility index (Phi) is 3.48. The van der Waals surface area contributed by atoms with Gasteiger partial charge < -0.3 is 5.73 Å². The van der Waals surface area contributed by atoms with Gasteiger partial charge in [-0.1, -0.05) is 12.1 Å². The molecule has 2 heterocycles. The van der Waals surface area contributed by atoms with Gasteiger partial charge in [-0.15, -0.1) is 11.3 Å². The highest BCUT2D eigenvalue weighted by Crippen LogP contribution is 2.20. The lowest BCUT2D eigenvalue weighted by Gasteiger charge is -2.12. The van der Waals surface area contributed by atoms with Crippen LogP contribution in [0.2, 0.25) is 0 Å². The van der Waals surface area contributed by atoms with E-state index in [0.717, 1.165) is 12.1 Å². The summed E-state index contributed by atoms with van der Waals surface area (Å²) in [4.78, 5) is 5.73. The molecule has 0 aliphatic rings. The average molecular weight is 218 g/mol. The third-order valence-electron chi connectivity index (χ3n) is 2.42. The summed E-state index contributed by atoms with van der Waals surface area (Å²) < 4.78 is 0. The van der Waals surface area contributed by atoms with E-state index in [4.69, 9.17) is 5.73 Å². The van der Waals surface area contributed by atoms with Gasteiger partial charge in [0.15, 0.2) is 0 Å². The molecule has 0 fully saturated rings. The Morgan fingerprint density at radius 1 is 1.27 bits per heavy atom. The molecule has 1 atom stereocenters. The van der Waals surface area contributed by atoms with Crippen molar-refractivity contribution in [3.63, 3.8) is 0 Å². The van der Waals surface area contributed by atoms with Crippen molar-refractivity contribution < 1.29 is 0 Å². The van der Waals surface area contributed by atoms with Gasteiger partial charge in [-0.05, 0) is 30.0 Å². The van der Waals surface area contributed by atoms with E-state index < -0.39 is 0 Å². The number of nitrogens with zero attached hydrogens (tertiary/aromatic N) is 1. The zero-order valence-electron chi connectivity index (χ0n) is 8.47. The standard InChI is InChI=1S/C12H14N2S/c13-9-10(8-11-4-3-7-15-11)12-5-1-2-6-14-12/h1-7,10H,8-9,13H2. The van der Waals surface area contributed by atoms with E-state index in [9.17, 15) is 0 Å². The molecule has 0 aromatic carbocycles. The maximum absolute atomic E-state index is 5.79. The van der Waals surface area contributed by atoms with Gasteiger partial charge >= 0.3 is 0 Å². The van der Waals surface area contributed by atoms with Gasteiger partial charge in [0.05, 0.1) is 0 Å². The molecule has 3 heteroatoms. The van der Waals surface area contributed by atoms with Crippen molar-refractivity contribution in [2.24, 2.45) is 5.73 Å². The molecule has 2 aromatic rings. The quantitative estimate of drug-likeness (QED) is 0.856. The molecule has 0 spiro atoms. The lowest BCUT2D eigenvalue weighted by atomic mass is 10.00. The fourth-order valence-corrected chi connectivity index (χ4v) is 2.38. The smallest absolute Gasteiger partial charge is 0.0450 e. The monoisotopic (exact) mass is 218 g/mol. The van der Waals surface area contributed by atoms with Gasteiger partial charge in [-0.2, -0.15) is 0 Å². The van der Waals surface area contributed by atoms with Crippen LogP contribution in [0.15, 0.2) is 41.9 Å². The highest BCUT2D eigenvalue weighted by atomic mass is 32.1. The molecular weight excluding hydrogens is 204 g/mol. The van der Waals surface area contributed by atoms with Crippen molar-refractivity contribution in [2.45, 2.75) is 12.3 Å². The summed E-state index contributed by atoms with van der Waals surface area (Å²) >= 11 is 1.78. The molecular formula is C12H14N2S. The lowest BCUT2D eigenvalue weighted by Crippen LogP contribution is -2.15. The summed E-state index contributed by atoms with van der Waals surface area (Å²) in [5.41, 5.74) is 6.88.